The van der Waals surface area contributed by atoms with Crippen LogP contribution in [0.5, 0.6) is 0 Å². The van der Waals surface area contributed by atoms with E-state index in [1.807, 2.05) is 0 Å². The van der Waals surface area contributed by atoms with E-state index >= 15 is 0 Å². The molecule has 1 amide bonds. The molecule has 0 spiro atoms. The molecule has 0 saturated heterocycles. The average molecular weight is 302 g/mol. The number of nitrogens with zero attached hydrogens (tertiary/aromatic N) is 1. The van der Waals surface area contributed by atoms with Crippen molar-refractivity contribution in [3.05, 3.63) is 28.3 Å². The molecule has 20 heavy (non-hydrogen) atoms. The van der Waals surface area contributed by atoms with Crippen LogP contribution < -0.4 is 15.8 Å². The lowest BCUT2D eigenvalue weighted by Crippen LogP contribution is -2.43. The van der Waals surface area contributed by atoms with Crippen molar-refractivity contribution in [1.82, 2.24) is 10.0 Å². The first-order chi connectivity index (χ1) is 9.19. The van der Waals surface area contributed by atoms with Crippen LogP contribution in [0.1, 0.15) is 6.92 Å². The van der Waals surface area contributed by atoms with Crippen molar-refractivity contribution in [2.45, 2.75) is 17.9 Å². The minimum Gasteiger partial charge on any atom is -0.397 e. The summed E-state index contributed by atoms with van der Waals surface area (Å²) in [5, 5.41) is 12.8. The lowest BCUT2D eigenvalue weighted by atomic mass is 10.3. The Morgan fingerprint density at radius 2 is 2.05 bits per heavy atom. The molecule has 110 valence electrons. The van der Waals surface area contributed by atoms with Crippen LogP contribution in [0.25, 0.3) is 0 Å². The third-order valence-electron chi connectivity index (χ3n) is 2.47. The van der Waals surface area contributed by atoms with Gasteiger partial charge in [0.1, 0.15) is 4.90 Å². The first kappa shape index (κ1) is 15.9. The standard InChI is InChI=1S/C10H14N4O5S/c1-6(10(15)12-2)13-20(18,19)9-4-3-7(14(16)17)5-8(9)11/h3-6,13H,11H2,1-2H3,(H,12,15). The minimum absolute atomic E-state index is 0.268. The van der Waals surface area contributed by atoms with Crippen molar-refractivity contribution in [3.63, 3.8) is 0 Å². The summed E-state index contributed by atoms with van der Waals surface area (Å²) in [5.41, 5.74) is 4.92. The fourth-order valence-electron chi connectivity index (χ4n) is 1.46. The molecule has 0 bridgehead atoms. The van der Waals surface area contributed by atoms with E-state index in [1.165, 1.54) is 14.0 Å². The van der Waals surface area contributed by atoms with Crippen molar-refractivity contribution in [3.8, 4) is 0 Å². The molecular weight excluding hydrogens is 288 g/mol. The SMILES string of the molecule is CNC(=O)C(C)NS(=O)(=O)c1ccc([N+](=O)[O-])cc1N. The lowest BCUT2D eigenvalue weighted by Gasteiger charge is -2.13. The van der Waals surface area contributed by atoms with Gasteiger partial charge < -0.3 is 11.1 Å². The number of carbonyl (C=O) groups excluding carboxylic acids is 1. The van der Waals surface area contributed by atoms with Crippen LogP contribution in [0.15, 0.2) is 23.1 Å². The zero-order chi connectivity index (χ0) is 15.5. The number of nitro groups is 1. The molecule has 4 N–H and O–H groups in total. The largest absolute Gasteiger partial charge is 0.397 e. The van der Waals surface area contributed by atoms with E-state index in [0.29, 0.717) is 0 Å². The van der Waals surface area contributed by atoms with E-state index in [4.69, 9.17) is 5.73 Å². The summed E-state index contributed by atoms with van der Waals surface area (Å²) in [5.74, 6) is -0.519. The van der Waals surface area contributed by atoms with Crippen LogP contribution >= 0.6 is 0 Å². The normalized spacial score (nSPS) is 12.7. The third kappa shape index (κ3) is 3.42. The van der Waals surface area contributed by atoms with Gasteiger partial charge in [-0.2, -0.15) is 4.72 Å². The maximum atomic E-state index is 12.0. The second-order valence-corrected chi connectivity index (χ2v) is 5.62. The van der Waals surface area contributed by atoms with Gasteiger partial charge in [0, 0.05) is 19.2 Å². The second kappa shape index (κ2) is 5.84. The van der Waals surface area contributed by atoms with Gasteiger partial charge in [0.2, 0.25) is 15.9 Å². The summed E-state index contributed by atoms with van der Waals surface area (Å²) in [7, 11) is -2.68. The molecule has 0 heterocycles. The number of nitrogen functional groups attached to an aromatic ring is 1. The number of anilines is 1. The number of nitrogens with one attached hydrogen (secondary N) is 2. The van der Waals surface area contributed by atoms with Crippen molar-refractivity contribution < 1.29 is 18.1 Å². The molecule has 0 saturated carbocycles. The third-order valence-corrected chi connectivity index (χ3v) is 4.08. The number of rotatable bonds is 5. The lowest BCUT2D eigenvalue weighted by molar-refractivity contribution is -0.384. The average Bonchev–Trinajstić information content (AvgIpc) is 2.36. The van der Waals surface area contributed by atoms with Crippen LogP contribution in [0.4, 0.5) is 11.4 Å². The van der Waals surface area contributed by atoms with Gasteiger partial charge in [0.05, 0.1) is 16.7 Å². The van der Waals surface area contributed by atoms with Crippen LogP contribution in [0, 0.1) is 10.1 Å². The number of sulfonamides is 1. The van der Waals surface area contributed by atoms with E-state index in [-0.39, 0.29) is 16.3 Å². The van der Waals surface area contributed by atoms with Crippen molar-refractivity contribution in [2.75, 3.05) is 12.8 Å². The van der Waals surface area contributed by atoms with E-state index in [2.05, 4.69) is 10.0 Å². The van der Waals surface area contributed by atoms with Gasteiger partial charge in [0.15, 0.2) is 0 Å². The fraction of sp³-hybridized carbons (Fsp3) is 0.300. The molecule has 0 aromatic heterocycles. The van der Waals surface area contributed by atoms with Crippen LogP contribution in [0.2, 0.25) is 0 Å². The Labute approximate surface area is 115 Å². The number of non-ortho nitro benzene ring substituents is 1. The predicted octanol–water partition coefficient (Wildman–Crippen LogP) is -0.410. The summed E-state index contributed by atoms with van der Waals surface area (Å²) in [6, 6.07) is 1.99. The molecule has 1 aromatic rings. The number of benzene rings is 1. The molecular formula is C10H14N4O5S. The van der Waals surface area contributed by atoms with Crippen LogP contribution in [-0.2, 0) is 14.8 Å². The molecule has 1 aromatic carbocycles. The number of hydrogen-bond donors (Lipinski definition) is 3. The second-order valence-electron chi connectivity index (χ2n) is 3.94. The Bertz CT molecular complexity index is 643. The maximum absolute atomic E-state index is 12.0. The molecule has 0 fully saturated rings. The van der Waals surface area contributed by atoms with Gasteiger partial charge in [-0.25, -0.2) is 8.42 Å². The molecule has 0 aliphatic heterocycles. The molecule has 0 aliphatic carbocycles. The summed E-state index contributed by atoms with van der Waals surface area (Å²) in [6.07, 6.45) is 0. The van der Waals surface area contributed by atoms with E-state index in [1.54, 1.807) is 0 Å². The topological polar surface area (TPSA) is 144 Å². The van der Waals surface area contributed by atoms with Crippen LogP contribution in [-0.4, -0.2) is 32.3 Å². The van der Waals surface area contributed by atoms with E-state index < -0.39 is 26.9 Å². The number of nitro benzene ring substituents is 1. The quantitative estimate of drug-likeness (QED) is 0.383. The van der Waals surface area contributed by atoms with Crippen LogP contribution in [0.3, 0.4) is 0 Å². The molecule has 0 aliphatic rings. The Kier molecular flexibility index (Phi) is 4.63. The highest BCUT2D eigenvalue weighted by molar-refractivity contribution is 7.89. The molecule has 1 unspecified atom stereocenters. The highest BCUT2D eigenvalue weighted by Crippen LogP contribution is 2.23. The Morgan fingerprint density at radius 1 is 1.45 bits per heavy atom. The number of nitrogens with two attached hydrogens (primary N) is 1. The number of amides is 1. The summed E-state index contributed by atoms with van der Waals surface area (Å²) >= 11 is 0. The smallest absolute Gasteiger partial charge is 0.271 e. The van der Waals surface area contributed by atoms with Gasteiger partial charge in [-0.3, -0.25) is 14.9 Å². The summed E-state index contributed by atoms with van der Waals surface area (Å²) < 4.78 is 26.2. The number of hydrogen-bond acceptors (Lipinski definition) is 6. The molecule has 10 heteroatoms. The summed E-state index contributed by atoms with van der Waals surface area (Å²) in [6.45, 7) is 1.36. The van der Waals surface area contributed by atoms with Crippen molar-refractivity contribution in [2.24, 2.45) is 0 Å². The predicted molar refractivity (Wildman–Crippen MR) is 71.4 cm³/mol. The number of carbonyl (C=O) groups is 1. The molecule has 9 nitrogen and oxygen atoms in total. The zero-order valence-corrected chi connectivity index (χ0v) is 11.6. The minimum atomic E-state index is -4.05. The van der Waals surface area contributed by atoms with Gasteiger partial charge >= 0.3 is 0 Å². The van der Waals surface area contributed by atoms with E-state index in [9.17, 15) is 23.3 Å². The first-order valence-corrected chi connectivity index (χ1v) is 6.95. The monoisotopic (exact) mass is 302 g/mol. The van der Waals surface area contributed by atoms with Crippen molar-refractivity contribution >= 4 is 27.3 Å². The Balaban J connectivity index is 3.10. The molecule has 1 atom stereocenters. The van der Waals surface area contributed by atoms with Gasteiger partial charge in [0.25, 0.3) is 5.69 Å². The van der Waals surface area contributed by atoms with Gasteiger partial charge in [-0.1, -0.05) is 0 Å². The van der Waals surface area contributed by atoms with E-state index in [0.717, 1.165) is 18.2 Å². The first-order valence-electron chi connectivity index (χ1n) is 5.47. The Morgan fingerprint density at radius 3 is 2.50 bits per heavy atom. The summed E-state index contributed by atoms with van der Waals surface area (Å²) in [4.78, 5) is 20.8. The highest BCUT2D eigenvalue weighted by Gasteiger charge is 2.24. The zero-order valence-electron chi connectivity index (χ0n) is 10.8. The van der Waals surface area contributed by atoms with Gasteiger partial charge in [-0.05, 0) is 13.0 Å². The number of likely N-dealkylation sites (N-methyl/N-ethyl adjacent to an activating group) is 1. The maximum Gasteiger partial charge on any atom is 0.271 e. The van der Waals surface area contributed by atoms with Crippen molar-refractivity contribution in [1.29, 1.82) is 0 Å². The Hall–Kier alpha value is -2.20. The molecule has 0 radical (unpaired) electrons. The molecule has 1 rings (SSSR count). The van der Waals surface area contributed by atoms with Gasteiger partial charge in [-0.15, -0.1) is 0 Å². The highest BCUT2D eigenvalue weighted by atomic mass is 32.2. The fourth-order valence-corrected chi connectivity index (χ4v) is 2.78.